The molecule has 0 amide bonds. The number of ether oxygens (including phenoxy) is 4. The fourth-order valence-corrected chi connectivity index (χ4v) is 2.27. The Bertz CT molecular complexity index is 646. The second-order valence-electron chi connectivity index (χ2n) is 5.62. The molecule has 0 saturated heterocycles. The second-order valence-corrected chi connectivity index (χ2v) is 5.62. The van der Waals surface area contributed by atoms with Gasteiger partial charge in [-0.25, -0.2) is 0 Å². The highest BCUT2D eigenvalue weighted by Crippen LogP contribution is 2.25. The summed E-state index contributed by atoms with van der Waals surface area (Å²) >= 11 is 0. The first-order chi connectivity index (χ1) is 13.0. The van der Waals surface area contributed by atoms with E-state index in [1.165, 1.54) is 0 Å². The van der Waals surface area contributed by atoms with Gasteiger partial charge in [0, 0.05) is 0 Å². The molecule has 0 aliphatic heterocycles. The van der Waals surface area contributed by atoms with Crippen LogP contribution in [0, 0.1) is 0 Å². The van der Waals surface area contributed by atoms with Crippen molar-refractivity contribution in [1.29, 1.82) is 0 Å². The molecule has 1 aromatic rings. The third kappa shape index (κ3) is 8.19. The molecule has 0 heterocycles. The normalized spacial score (nSPS) is 14.4. The Morgan fingerprint density at radius 2 is 1.70 bits per heavy atom. The first-order valence-electron chi connectivity index (χ1n) is 8.88. The smallest absolute Gasteiger partial charge is 0.161 e. The number of para-hydroxylation sites is 2. The van der Waals surface area contributed by atoms with Gasteiger partial charge in [0.25, 0.3) is 0 Å². The maximum Gasteiger partial charge on any atom is 0.161 e. The molecule has 1 atom stereocenters. The van der Waals surface area contributed by atoms with Crippen molar-refractivity contribution < 1.29 is 29.2 Å². The standard InChI is InChI=1S/C12H18O3.C9H12O3/c1-4-15-11-6-5-10(9(2)13)7-12(8-11)14-3;1-11-8-4-2-3-5-9(8)12-7-6-10/h5-7,9,13H,4,8H2,1-3H3;2-5,10H,6-7H2,1H3. The number of benzene rings is 1. The molecule has 0 aromatic heterocycles. The third-order valence-corrected chi connectivity index (χ3v) is 3.63. The molecule has 150 valence electrons. The summed E-state index contributed by atoms with van der Waals surface area (Å²) in [6.45, 7) is 4.62. The SMILES string of the molecule is CCOC1=CC=C(C(C)O)C=C(OC)C1.COc1ccccc1OCCO. The fourth-order valence-electron chi connectivity index (χ4n) is 2.27. The molecule has 2 rings (SSSR count). The van der Waals surface area contributed by atoms with E-state index in [-0.39, 0.29) is 6.61 Å². The second kappa shape index (κ2) is 12.8. The molecule has 27 heavy (non-hydrogen) atoms. The van der Waals surface area contributed by atoms with Crippen molar-refractivity contribution in [2.24, 2.45) is 0 Å². The highest BCUT2D eigenvalue weighted by atomic mass is 16.5. The highest BCUT2D eigenvalue weighted by Gasteiger charge is 2.11. The molecule has 0 saturated carbocycles. The van der Waals surface area contributed by atoms with Crippen LogP contribution in [0.1, 0.15) is 20.3 Å². The van der Waals surface area contributed by atoms with Crippen LogP contribution in [0.5, 0.6) is 11.5 Å². The summed E-state index contributed by atoms with van der Waals surface area (Å²) in [5, 5.41) is 18.0. The predicted octanol–water partition coefficient (Wildman–Crippen LogP) is 3.21. The molecule has 1 unspecified atom stereocenters. The Hall–Kier alpha value is -2.44. The molecule has 1 aromatic carbocycles. The number of hydrogen-bond acceptors (Lipinski definition) is 6. The zero-order chi connectivity index (χ0) is 20.1. The van der Waals surface area contributed by atoms with Crippen LogP contribution in [-0.2, 0) is 9.47 Å². The lowest BCUT2D eigenvalue weighted by atomic mass is 10.1. The number of aliphatic hydroxyl groups is 2. The van der Waals surface area contributed by atoms with Crippen molar-refractivity contribution >= 4 is 0 Å². The topological polar surface area (TPSA) is 77.4 Å². The Labute approximate surface area is 161 Å². The molecule has 0 fully saturated rings. The Morgan fingerprint density at radius 3 is 2.26 bits per heavy atom. The summed E-state index contributed by atoms with van der Waals surface area (Å²) in [5.74, 6) is 3.01. The molecular formula is C21H30O6. The minimum absolute atomic E-state index is 0.0120. The summed E-state index contributed by atoms with van der Waals surface area (Å²) in [4.78, 5) is 0. The van der Waals surface area contributed by atoms with Gasteiger partial charge in [-0.15, -0.1) is 0 Å². The van der Waals surface area contributed by atoms with Crippen molar-refractivity contribution in [2.45, 2.75) is 26.4 Å². The van der Waals surface area contributed by atoms with Gasteiger partial charge in [-0.2, -0.15) is 0 Å². The minimum atomic E-state index is -0.493. The van der Waals surface area contributed by atoms with Gasteiger partial charge in [0.1, 0.15) is 18.1 Å². The molecule has 2 N–H and O–H groups in total. The number of aliphatic hydroxyl groups excluding tert-OH is 2. The number of allylic oxidation sites excluding steroid dienone is 2. The van der Waals surface area contributed by atoms with E-state index in [2.05, 4.69) is 0 Å². The Balaban J connectivity index is 0.000000277. The van der Waals surface area contributed by atoms with E-state index in [1.54, 1.807) is 27.2 Å². The average molecular weight is 378 g/mol. The molecule has 0 spiro atoms. The molecule has 0 radical (unpaired) electrons. The largest absolute Gasteiger partial charge is 0.501 e. The number of rotatable bonds is 8. The van der Waals surface area contributed by atoms with Gasteiger partial charge in [-0.3, -0.25) is 0 Å². The van der Waals surface area contributed by atoms with Crippen molar-refractivity contribution in [2.75, 3.05) is 34.0 Å². The number of methoxy groups -OCH3 is 2. The molecular weight excluding hydrogens is 348 g/mol. The van der Waals surface area contributed by atoms with Gasteiger partial charge in [0.15, 0.2) is 11.5 Å². The quantitative estimate of drug-likeness (QED) is 0.723. The van der Waals surface area contributed by atoms with E-state index in [1.807, 2.05) is 43.4 Å². The lowest BCUT2D eigenvalue weighted by molar-refractivity contribution is 0.196. The number of hydrogen-bond donors (Lipinski definition) is 2. The van der Waals surface area contributed by atoms with Gasteiger partial charge >= 0.3 is 0 Å². The maximum atomic E-state index is 9.49. The molecule has 6 nitrogen and oxygen atoms in total. The van der Waals surface area contributed by atoms with Crippen molar-refractivity contribution in [3.8, 4) is 11.5 Å². The van der Waals surface area contributed by atoms with Gasteiger partial charge in [-0.05, 0) is 43.7 Å². The lowest BCUT2D eigenvalue weighted by Crippen LogP contribution is -2.02. The minimum Gasteiger partial charge on any atom is -0.501 e. The van der Waals surface area contributed by atoms with E-state index < -0.39 is 6.10 Å². The van der Waals surface area contributed by atoms with Gasteiger partial charge < -0.3 is 29.2 Å². The van der Waals surface area contributed by atoms with E-state index in [0.717, 1.165) is 17.1 Å². The van der Waals surface area contributed by atoms with Gasteiger partial charge in [-0.1, -0.05) is 18.2 Å². The molecule has 6 heteroatoms. The molecule has 1 aliphatic carbocycles. The zero-order valence-electron chi connectivity index (χ0n) is 16.5. The molecule has 1 aliphatic rings. The van der Waals surface area contributed by atoms with Crippen LogP contribution in [0.4, 0.5) is 0 Å². The highest BCUT2D eigenvalue weighted by molar-refractivity contribution is 5.39. The first-order valence-corrected chi connectivity index (χ1v) is 8.88. The van der Waals surface area contributed by atoms with E-state index in [4.69, 9.17) is 24.1 Å². The van der Waals surface area contributed by atoms with E-state index in [9.17, 15) is 5.11 Å². The summed E-state index contributed by atoms with van der Waals surface area (Å²) in [6.07, 6.45) is 5.74. The van der Waals surface area contributed by atoms with Crippen LogP contribution in [0.25, 0.3) is 0 Å². The predicted molar refractivity (Wildman–Crippen MR) is 105 cm³/mol. The summed E-state index contributed by atoms with van der Waals surface area (Å²) in [5.41, 5.74) is 0.835. The fraction of sp³-hybridized carbons (Fsp3) is 0.429. The Morgan fingerprint density at radius 1 is 1.00 bits per heavy atom. The molecule has 0 bridgehead atoms. The summed E-state index contributed by atoms with van der Waals surface area (Å²) in [7, 11) is 3.21. The van der Waals surface area contributed by atoms with Crippen molar-refractivity contribution in [3.05, 3.63) is 59.6 Å². The lowest BCUT2D eigenvalue weighted by Gasteiger charge is -2.09. The van der Waals surface area contributed by atoms with Crippen molar-refractivity contribution in [3.63, 3.8) is 0 Å². The van der Waals surface area contributed by atoms with Crippen LogP contribution in [0.2, 0.25) is 0 Å². The van der Waals surface area contributed by atoms with Crippen LogP contribution < -0.4 is 9.47 Å². The monoisotopic (exact) mass is 378 g/mol. The van der Waals surface area contributed by atoms with Crippen LogP contribution in [0.3, 0.4) is 0 Å². The van der Waals surface area contributed by atoms with Crippen LogP contribution >= 0.6 is 0 Å². The summed E-state index contributed by atoms with van der Waals surface area (Å²) < 4.78 is 20.9. The van der Waals surface area contributed by atoms with Crippen LogP contribution in [-0.4, -0.2) is 50.4 Å². The Kier molecular flexibility index (Phi) is 10.7. The first kappa shape index (κ1) is 22.6. The van der Waals surface area contributed by atoms with Gasteiger partial charge in [0.05, 0.1) is 40.0 Å². The summed E-state index contributed by atoms with van der Waals surface area (Å²) in [6, 6.07) is 7.33. The average Bonchev–Trinajstić information content (AvgIpc) is 2.90. The third-order valence-electron chi connectivity index (χ3n) is 3.63. The van der Waals surface area contributed by atoms with E-state index >= 15 is 0 Å². The maximum absolute atomic E-state index is 9.49. The van der Waals surface area contributed by atoms with Crippen LogP contribution in [0.15, 0.2) is 59.6 Å². The van der Waals surface area contributed by atoms with E-state index in [0.29, 0.717) is 31.1 Å². The van der Waals surface area contributed by atoms with Crippen molar-refractivity contribution in [1.82, 2.24) is 0 Å². The zero-order valence-corrected chi connectivity index (χ0v) is 16.5. The van der Waals surface area contributed by atoms with Gasteiger partial charge in [0.2, 0.25) is 0 Å².